The van der Waals surface area contributed by atoms with Crippen LogP contribution < -0.4 is 15.0 Å². The Kier molecular flexibility index (Phi) is 6.14. The van der Waals surface area contributed by atoms with Crippen molar-refractivity contribution >= 4 is 39.7 Å². The van der Waals surface area contributed by atoms with E-state index < -0.39 is 0 Å². The minimum Gasteiger partial charge on any atom is -0.495 e. The van der Waals surface area contributed by atoms with Crippen molar-refractivity contribution in [2.75, 3.05) is 30.4 Å². The molecule has 3 aromatic rings. The quantitative estimate of drug-likeness (QED) is 0.423. The molecule has 1 aliphatic rings. The summed E-state index contributed by atoms with van der Waals surface area (Å²) >= 11 is 6.23. The minimum absolute atomic E-state index is 0.138. The summed E-state index contributed by atoms with van der Waals surface area (Å²) in [7, 11) is 1.58. The maximum Gasteiger partial charge on any atom is 0.188 e. The van der Waals surface area contributed by atoms with E-state index in [1.807, 2.05) is 30.3 Å². The zero-order valence-electron chi connectivity index (χ0n) is 17.0. The number of hydrogen-bond acceptors (Lipinski definition) is 7. The third-order valence-corrected chi connectivity index (χ3v) is 5.76. The van der Waals surface area contributed by atoms with Crippen LogP contribution in [0.5, 0.6) is 5.75 Å². The lowest BCUT2D eigenvalue weighted by atomic mass is 10.0. The van der Waals surface area contributed by atoms with E-state index in [1.54, 1.807) is 13.2 Å². The molecule has 0 unspecified atom stereocenters. The molecule has 1 N–H and O–H groups in total. The lowest BCUT2D eigenvalue weighted by Gasteiger charge is -2.30. The first kappa shape index (κ1) is 20.8. The first-order chi connectivity index (χ1) is 15.1. The van der Waals surface area contributed by atoms with Crippen molar-refractivity contribution in [2.45, 2.75) is 25.4 Å². The number of fused-ring (bicyclic) bond motifs is 1. The molecule has 9 heteroatoms. The van der Waals surface area contributed by atoms with Crippen molar-refractivity contribution in [2.24, 2.45) is 5.18 Å². The van der Waals surface area contributed by atoms with Crippen LogP contribution in [0.3, 0.4) is 0 Å². The lowest BCUT2D eigenvalue weighted by Crippen LogP contribution is -2.36. The number of nitroso groups, excluding NO2 is 1. The normalized spacial score (nSPS) is 14.3. The average Bonchev–Trinajstić information content (AvgIpc) is 2.82. The first-order valence-corrected chi connectivity index (χ1v) is 10.3. The van der Waals surface area contributed by atoms with Gasteiger partial charge in [0.15, 0.2) is 17.3 Å². The second-order valence-corrected chi connectivity index (χ2v) is 7.77. The minimum atomic E-state index is -0.138. The fourth-order valence-corrected chi connectivity index (χ4v) is 4.03. The highest BCUT2D eigenvalue weighted by Gasteiger charge is 2.23. The van der Waals surface area contributed by atoms with Crippen molar-refractivity contribution in [3.05, 3.63) is 63.3 Å². The Morgan fingerprint density at radius 3 is 2.71 bits per heavy atom. The summed E-state index contributed by atoms with van der Waals surface area (Å²) in [5.41, 5.74) is 1.50. The molecule has 8 nitrogen and oxygen atoms in total. The van der Waals surface area contributed by atoms with E-state index in [4.69, 9.17) is 22.9 Å². The van der Waals surface area contributed by atoms with Gasteiger partial charge in [0, 0.05) is 30.4 Å². The maximum atomic E-state index is 10.8. The van der Waals surface area contributed by atoms with Crippen molar-refractivity contribution in [1.82, 2.24) is 10.2 Å². The van der Waals surface area contributed by atoms with Gasteiger partial charge in [-0.3, -0.25) is 0 Å². The Hall–Kier alpha value is -3.44. The third kappa shape index (κ3) is 4.37. The Labute approximate surface area is 185 Å². The van der Waals surface area contributed by atoms with E-state index in [0.717, 1.165) is 22.2 Å². The number of nitrogens with zero attached hydrogens (tertiary/aromatic N) is 5. The molecule has 0 amide bonds. The summed E-state index contributed by atoms with van der Waals surface area (Å²) < 4.78 is 5.20. The van der Waals surface area contributed by atoms with Crippen molar-refractivity contribution in [1.29, 1.82) is 0 Å². The van der Waals surface area contributed by atoms with Gasteiger partial charge in [-0.2, -0.15) is 4.91 Å². The molecule has 1 aromatic heterocycles. The summed E-state index contributed by atoms with van der Waals surface area (Å²) in [6.07, 6.45) is 1.40. The number of ether oxygens (including phenoxy) is 1. The van der Waals surface area contributed by atoms with Gasteiger partial charge in [-0.1, -0.05) is 35.0 Å². The lowest BCUT2D eigenvalue weighted by molar-refractivity contribution is 0.415. The van der Waals surface area contributed by atoms with E-state index >= 15 is 0 Å². The number of aromatic nitrogens is 2. The highest BCUT2D eigenvalue weighted by Crippen LogP contribution is 2.33. The van der Waals surface area contributed by atoms with Crippen LogP contribution in [0, 0.1) is 11.5 Å². The fourth-order valence-electron chi connectivity index (χ4n) is 3.75. The van der Waals surface area contributed by atoms with Crippen molar-refractivity contribution < 1.29 is 4.74 Å². The SMILES string of the molecule is [C-]#[N+]c1ccc2c(N3CCC(N=O)CC3)nnc(NCc3ccc(OC)c(Cl)c3)c2c1. The predicted molar refractivity (Wildman–Crippen MR) is 122 cm³/mol. The topological polar surface area (TPSA) is 84.1 Å². The van der Waals surface area contributed by atoms with E-state index in [-0.39, 0.29) is 6.04 Å². The summed E-state index contributed by atoms with van der Waals surface area (Å²) in [4.78, 5) is 16.5. The first-order valence-electron chi connectivity index (χ1n) is 9.94. The number of piperidine rings is 1. The molecule has 158 valence electrons. The van der Waals surface area contributed by atoms with Gasteiger partial charge >= 0.3 is 0 Å². The Bertz CT molecular complexity index is 1150. The molecule has 0 radical (unpaired) electrons. The highest BCUT2D eigenvalue weighted by atomic mass is 35.5. The van der Waals surface area contributed by atoms with Crippen molar-refractivity contribution in [3.8, 4) is 5.75 Å². The van der Waals surface area contributed by atoms with Crippen LogP contribution in [0.1, 0.15) is 18.4 Å². The Morgan fingerprint density at radius 2 is 2.03 bits per heavy atom. The molecular weight excluding hydrogens is 416 g/mol. The van der Waals surface area contributed by atoms with E-state index in [1.165, 1.54) is 0 Å². The smallest absolute Gasteiger partial charge is 0.188 e. The molecule has 0 spiro atoms. The number of methoxy groups -OCH3 is 1. The summed E-state index contributed by atoms with van der Waals surface area (Å²) in [5.74, 6) is 1.98. The van der Waals surface area contributed by atoms with Crippen LogP contribution in [-0.4, -0.2) is 36.4 Å². The second kappa shape index (κ2) is 9.14. The van der Waals surface area contributed by atoms with Gasteiger partial charge in [-0.25, -0.2) is 4.85 Å². The number of nitrogens with one attached hydrogen (secondary N) is 1. The summed E-state index contributed by atoms with van der Waals surface area (Å²) in [5, 5.41) is 17.7. The number of halogens is 1. The van der Waals surface area contributed by atoms with E-state index in [2.05, 4.69) is 30.4 Å². The van der Waals surface area contributed by atoms with Crippen LogP contribution in [-0.2, 0) is 6.54 Å². The molecule has 1 fully saturated rings. The number of hydrogen-bond donors (Lipinski definition) is 1. The Morgan fingerprint density at radius 1 is 1.23 bits per heavy atom. The van der Waals surface area contributed by atoms with Crippen LogP contribution >= 0.6 is 11.6 Å². The van der Waals surface area contributed by atoms with Crippen LogP contribution in [0.25, 0.3) is 15.6 Å². The third-order valence-electron chi connectivity index (χ3n) is 5.46. The molecule has 2 heterocycles. The molecule has 0 saturated carbocycles. The highest BCUT2D eigenvalue weighted by molar-refractivity contribution is 6.32. The van der Waals surface area contributed by atoms with E-state index in [9.17, 15) is 4.91 Å². The van der Waals surface area contributed by atoms with Gasteiger partial charge in [0.05, 0.1) is 24.7 Å². The van der Waals surface area contributed by atoms with Gasteiger partial charge in [0.1, 0.15) is 5.75 Å². The van der Waals surface area contributed by atoms with Crippen LogP contribution in [0.15, 0.2) is 41.6 Å². The number of benzene rings is 2. The molecule has 0 aliphatic carbocycles. The largest absolute Gasteiger partial charge is 0.495 e. The van der Waals surface area contributed by atoms with Gasteiger partial charge < -0.3 is 15.0 Å². The maximum absolute atomic E-state index is 10.8. The standard InChI is InChI=1S/C22H21ClN6O2/c1-24-16-4-5-17-18(12-16)21(25-13-14-3-6-20(31-2)19(23)11-14)26-27-22(17)29-9-7-15(28-30)8-10-29/h3-6,11-12,15H,7-10,13H2,2H3,(H,25,26). The molecule has 1 aliphatic heterocycles. The second-order valence-electron chi connectivity index (χ2n) is 7.36. The number of rotatable bonds is 6. The molecular formula is C22H21ClN6O2. The molecule has 31 heavy (non-hydrogen) atoms. The van der Waals surface area contributed by atoms with Gasteiger partial charge in [-0.15, -0.1) is 10.2 Å². The molecule has 2 aromatic carbocycles. The monoisotopic (exact) mass is 436 g/mol. The average molecular weight is 437 g/mol. The summed E-state index contributed by atoms with van der Waals surface area (Å²) in [6.45, 7) is 9.26. The zero-order chi connectivity index (χ0) is 21.8. The fraction of sp³-hybridized carbons (Fsp3) is 0.318. The molecule has 0 atom stereocenters. The van der Waals surface area contributed by atoms with Gasteiger partial charge in [0.25, 0.3) is 0 Å². The number of anilines is 2. The van der Waals surface area contributed by atoms with Crippen LogP contribution in [0.2, 0.25) is 5.02 Å². The zero-order valence-corrected chi connectivity index (χ0v) is 17.8. The Balaban J connectivity index is 1.64. The molecule has 4 rings (SSSR count). The molecule has 1 saturated heterocycles. The summed E-state index contributed by atoms with van der Waals surface area (Å²) in [6, 6.07) is 11.0. The predicted octanol–water partition coefficient (Wildman–Crippen LogP) is 5.19. The van der Waals surface area contributed by atoms with Gasteiger partial charge in [0.2, 0.25) is 0 Å². The van der Waals surface area contributed by atoms with Crippen LogP contribution in [0.4, 0.5) is 17.3 Å². The van der Waals surface area contributed by atoms with Crippen molar-refractivity contribution in [3.63, 3.8) is 0 Å². The van der Waals surface area contributed by atoms with Gasteiger partial charge in [-0.05, 0) is 36.6 Å². The van der Waals surface area contributed by atoms with E-state index in [0.29, 0.717) is 54.8 Å². The molecule has 0 bridgehead atoms.